The van der Waals surface area contributed by atoms with Crippen molar-refractivity contribution in [1.29, 1.82) is 0 Å². The fourth-order valence-electron chi connectivity index (χ4n) is 9.21. The number of phenolic OH excluding ortho intramolecular Hbond substituents is 1. The van der Waals surface area contributed by atoms with E-state index >= 15 is 0 Å². The second-order valence-electron chi connectivity index (χ2n) is 14.9. The van der Waals surface area contributed by atoms with Crippen LogP contribution in [0.1, 0.15) is 22.6 Å². The Kier molecular flexibility index (Phi) is 7.49. The number of allylic oxidation sites excluding steroid dienone is 5. The van der Waals surface area contributed by atoms with Gasteiger partial charge in [0, 0.05) is 17.4 Å². The number of rotatable bonds is 4. The molecule has 2 atom stereocenters. The second-order valence-corrected chi connectivity index (χ2v) is 14.9. The number of fused-ring (bicyclic) bond motifs is 6. The molecule has 10 rings (SSSR count). The summed E-state index contributed by atoms with van der Waals surface area (Å²) >= 11 is 0. The van der Waals surface area contributed by atoms with E-state index in [1.807, 2.05) is 20.0 Å². The summed E-state index contributed by atoms with van der Waals surface area (Å²) in [5.74, 6) is 1.64. The van der Waals surface area contributed by atoms with Crippen molar-refractivity contribution < 1.29 is 5.11 Å². The lowest BCUT2D eigenvalue weighted by Crippen LogP contribution is -2.49. The molecule has 0 bridgehead atoms. The molecule has 2 aliphatic rings. The molecule has 0 fully saturated rings. The summed E-state index contributed by atoms with van der Waals surface area (Å²) in [4.78, 5) is 5.25. The van der Waals surface area contributed by atoms with Crippen LogP contribution in [-0.2, 0) is 0 Å². The maximum atomic E-state index is 11.8. The van der Waals surface area contributed by atoms with E-state index < -0.39 is 0 Å². The maximum Gasteiger partial charge on any atom is 0.145 e. The molecule has 0 amide bonds. The van der Waals surface area contributed by atoms with Crippen molar-refractivity contribution in [3.8, 4) is 34.0 Å². The minimum Gasteiger partial charge on any atom is -0.506 e. The van der Waals surface area contributed by atoms with Crippen LogP contribution in [0.2, 0.25) is 0 Å². The van der Waals surface area contributed by atoms with E-state index in [4.69, 9.17) is 4.98 Å². The lowest BCUT2D eigenvalue weighted by atomic mass is 9.66. The van der Waals surface area contributed by atoms with Crippen molar-refractivity contribution in [3.05, 3.63) is 162 Å². The maximum absolute atomic E-state index is 11.8. The highest BCUT2D eigenvalue weighted by atomic mass is 16.3. The molecule has 1 N–H and O–H groups in total. The van der Waals surface area contributed by atoms with Crippen LogP contribution in [0.3, 0.4) is 0 Å². The predicted molar refractivity (Wildman–Crippen MR) is 240 cm³/mol. The first-order chi connectivity index (χ1) is 26.4. The van der Waals surface area contributed by atoms with Crippen molar-refractivity contribution in [3.63, 3.8) is 0 Å². The quantitative estimate of drug-likeness (QED) is 0.214. The van der Waals surface area contributed by atoms with Gasteiger partial charge in [0.25, 0.3) is 0 Å². The van der Waals surface area contributed by atoms with E-state index in [0.717, 1.165) is 50.1 Å². The van der Waals surface area contributed by atoms with Crippen molar-refractivity contribution >= 4 is 97.5 Å². The number of imidazole rings is 1. The summed E-state index contributed by atoms with van der Waals surface area (Å²) in [5.41, 5.74) is 15.6. The van der Waals surface area contributed by atoms with Gasteiger partial charge in [0.2, 0.25) is 0 Å². The SMILES string of the molecule is Bc1c(B)c(B)c(-n2c(-c3cccc(-c4c5ccccc5c(C5=Cc6ccccc6C6C=CC=CC56)c5ccccc45)c3)nc3ccccc32)c(O)c1B. The molecular weight excluding hydrogens is 652 g/mol. The zero-order valence-electron chi connectivity index (χ0n) is 30.9. The minimum atomic E-state index is 0.243. The first-order valence-corrected chi connectivity index (χ1v) is 18.9. The molecule has 3 nitrogen and oxygen atoms in total. The van der Waals surface area contributed by atoms with Crippen LogP contribution in [-0.4, -0.2) is 46.0 Å². The van der Waals surface area contributed by atoms with Gasteiger partial charge in [0.05, 0.1) is 16.7 Å². The van der Waals surface area contributed by atoms with Gasteiger partial charge in [0.15, 0.2) is 0 Å². The molecule has 1 heterocycles. The molecule has 0 radical (unpaired) electrons. The summed E-state index contributed by atoms with van der Waals surface area (Å²) in [5, 5.41) is 16.7. The van der Waals surface area contributed by atoms with Crippen LogP contribution in [0, 0.1) is 5.92 Å². The molecule has 0 aliphatic heterocycles. The Morgan fingerprint density at radius 1 is 0.556 bits per heavy atom. The minimum absolute atomic E-state index is 0.243. The van der Waals surface area contributed by atoms with Crippen LogP contribution in [0.25, 0.3) is 72.4 Å². The fraction of sp³-hybridized carbons (Fsp3) is 0.0426. The summed E-state index contributed by atoms with van der Waals surface area (Å²) in [6.07, 6.45) is 11.6. The molecule has 2 aliphatic carbocycles. The van der Waals surface area contributed by atoms with E-state index in [-0.39, 0.29) is 5.92 Å². The van der Waals surface area contributed by atoms with Gasteiger partial charge < -0.3 is 5.11 Å². The molecular formula is C47H36B4N2O. The monoisotopic (exact) mass is 688 g/mol. The number of aromatic hydroxyl groups is 1. The average Bonchev–Trinajstić information content (AvgIpc) is 3.60. The number of hydrogen-bond donors (Lipinski definition) is 1. The van der Waals surface area contributed by atoms with Crippen LogP contribution in [0.15, 0.2) is 146 Å². The summed E-state index contributed by atoms with van der Waals surface area (Å²) in [7, 11) is 8.34. The third-order valence-electron chi connectivity index (χ3n) is 12.2. The number of nitrogens with zero attached hydrogens (tertiary/aromatic N) is 2. The van der Waals surface area contributed by atoms with Gasteiger partial charge in [-0.05, 0) is 73.1 Å². The Labute approximate surface area is 319 Å². The predicted octanol–water partition coefficient (Wildman–Crippen LogP) is 4.79. The Morgan fingerprint density at radius 3 is 1.89 bits per heavy atom. The molecule has 0 saturated carbocycles. The third kappa shape index (κ3) is 4.77. The van der Waals surface area contributed by atoms with Gasteiger partial charge in [-0.1, -0.05) is 155 Å². The summed E-state index contributed by atoms with van der Waals surface area (Å²) in [6, 6.07) is 43.7. The van der Waals surface area contributed by atoms with Crippen molar-refractivity contribution in [1.82, 2.24) is 9.55 Å². The molecule has 252 valence electrons. The third-order valence-corrected chi connectivity index (χ3v) is 12.2. The van der Waals surface area contributed by atoms with Crippen molar-refractivity contribution in [2.75, 3.05) is 0 Å². The van der Waals surface area contributed by atoms with Gasteiger partial charge in [-0.15, -0.1) is 0 Å². The van der Waals surface area contributed by atoms with E-state index in [2.05, 4.69) is 168 Å². The van der Waals surface area contributed by atoms with E-state index in [1.165, 1.54) is 54.8 Å². The van der Waals surface area contributed by atoms with Crippen LogP contribution in [0.5, 0.6) is 5.75 Å². The number of aromatic nitrogens is 2. The van der Waals surface area contributed by atoms with Crippen LogP contribution < -0.4 is 21.9 Å². The molecule has 54 heavy (non-hydrogen) atoms. The summed E-state index contributed by atoms with van der Waals surface area (Å²) < 4.78 is 2.16. The average molecular weight is 688 g/mol. The van der Waals surface area contributed by atoms with Gasteiger partial charge in [-0.3, -0.25) is 4.57 Å². The van der Waals surface area contributed by atoms with Gasteiger partial charge in [-0.25, -0.2) is 4.98 Å². The molecule has 2 unspecified atom stereocenters. The topological polar surface area (TPSA) is 38.0 Å². The van der Waals surface area contributed by atoms with Crippen molar-refractivity contribution in [2.24, 2.45) is 5.92 Å². The second kappa shape index (κ2) is 12.5. The Morgan fingerprint density at radius 2 is 1.15 bits per heavy atom. The van der Waals surface area contributed by atoms with Gasteiger partial charge in [-0.2, -0.15) is 0 Å². The van der Waals surface area contributed by atoms with E-state index in [0.29, 0.717) is 11.7 Å². The summed E-state index contributed by atoms with van der Waals surface area (Å²) in [6.45, 7) is 0. The molecule has 1 aromatic heterocycles. The van der Waals surface area contributed by atoms with Crippen molar-refractivity contribution in [2.45, 2.75) is 5.92 Å². The highest BCUT2D eigenvalue weighted by molar-refractivity contribution is 6.64. The Hall–Kier alpha value is -6.19. The first-order valence-electron chi connectivity index (χ1n) is 18.9. The first kappa shape index (κ1) is 32.5. The Balaban J connectivity index is 1.23. The highest BCUT2D eigenvalue weighted by Crippen LogP contribution is 2.50. The molecule has 7 aromatic carbocycles. The van der Waals surface area contributed by atoms with Gasteiger partial charge >= 0.3 is 0 Å². The largest absolute Gasteiger partial charge is 0.506 e. The molecule has 8 aromatic rings. The van der Waals surface area contributed by atoms with Crippen LogP contribution in [0.4, 0.5) is 0 Å². The highest BCUT2D eigenvalue weighted by Gasteiger charge is 2.32. The number of benzene rings is 7. The fourth-order valence-corrected chi connectivity index (χ4v) is 9.21. The molecule has 7 heteroatoms. The standard InChI is InChI=1S/C47H36B4N2O/c48-41-42(49)44(51)46(54)45(43(41)50)53-38-23-10-9-22-37(38)52-47(53)28-14-11-13-27(24-28)39-32-18-5-7-20-34(32)40(35-21-8-6-19-33(35)39)36-25-26-12-1-2-15-29(26)30-16-3-4-17-31(30)36/h1-25,30-31,54H,48-51H2. The van der Waals surface area contributed by atoms with E-state index in [1.54, 1.807) is 0 Å². The van der Waals surface area contributed by atoms with Gasteiger partial charge in [0.1, 0.15) is 43.0 Å². The lowest BCUT2D eigenvalue weighted by molar-refractivity contribution is 0.478. The number of hydrogen-bond acceptors (Lipinski definition) is 2. The number of phenols is 1. The lowest BCUT2D eigenvalue weighted by Gasteiger charge is -2.34. The molecule has 0 spiro atoms. The van der Waals surface area contributed by atoms with E-state index in [9.17, 15) is 5.11 Å². The Bertz CT molecular complexity index is 2890. The zero-order valence-corrected chi connectivity index (χ0v) is 30.9. The van der Waals surface area contributed by atoms with Crippen LogP contribution >= 0.6 is 0 Å². The smallest absolute Gasteiger partial charge is 0.145 e. The zero-order chi connectivity index (χ0) is 36.7. The normalized spacial score (nSPS) is 16.1. The molecule has 0 saturated heterocycles. The number of para-hydroxylation sites is 2.